The summed E-state index contributed by atoms with van der Waals surface area (Å²) < 4.78 is 26.5. The number of aromatic nitrogens is 1. The molecular weight excluding hydrogens is 356 g/mol. The van der Waals surface area contributed by atoms with Gasteiger partial charge in [-0.05, 0) is 43.2 Å². The van der Waals surface area contributed by atoms with Crippen molar-refractivity contribution in [1.82, 2.24) is 4.98 Å². The smallest absolute Gasteiger partial charge is 0.210 e. The van der Waals surface area contributed by atoms with Crippen LogP contribution in [0.3, 0.4) is 0 Å². The Morgan fingerprint density at radius 1 is 1.00 bits per heavy atom. The van der Waals surface area contributed by atoms with Crippen LogP contribution in [0.25, 0.3) is 10.9 Å². The summed E-state index contributed by atoms with van der Waals surface area (Å²) in [6, 6.07) is 13.9. The number of anilines is 1. The molecular formula is C19H17ClN2O2S. The number of hydrogen-bond donors (Lipinski definition) is 0. The predicted molar refractivity (Wildman–Crippen MR) is 100 cm³/mol. The molecule has 4 rings (SSSR count). The zero-order chi connectivity index (χ0) is 17.4. The molecule has 1 aromatic heterocycles. The minimum absolute atomic E-state index is 0.246. The highest BCUT2D eigenvalue weighted by Gasteiger charge is 2.28. The van der Waals surface area contributed by atoms with E-state index in [2.05, 4.69) is 9.88 Å². The fraction of sp³-hybridized carbons (Fsp3) is 0.211. The minimum atomic E-state index is -3.66. The molecule has 0 bridgehead atoms. The normalized spacial score (nSPS) is 15.0. The van der Waals surface area contributed by atoms with E-state index >= 15 is 0 Å². The van der Waals surface area contributed by atoms with Gasteiger partial charge in [0, 0.05) is 29.7 Å². The van der Waals surface area contributed by atoms with Crippen LogP contribution >= 0.6 is 11.6 Å². The summed E-state index contributed by atoms with van der Waals surface area (Å²) in [4.78, 5) is 7.04. The third-order valence-corrected chi connectivity index (χ3v) is 6.54. The molecule has 0 amide bonds. The topological polar surface area (TPSA) is 50.3 Å². The minimum Gasteiger partial charge on any atom is -0.370 e. The Morgan fingerprint density at radius 3 is 2.44 bits per heavy atom. The second-order valence-corrected chi connectivity index (χ2v) is 8.50. The first kappa shape index (κ1) is 16.4. The number of pyridine rings is 1. The van der Waals surface area contributed by atoms with E-state index in [4.69, 9.17) is 11.6 Å². The molecule has 0 N–H and O–H groups in total. The Balaban J connectivity index is 2.02. The SMILES string of the molecule is O=S(=O)(c1ccccc1)c1cnc2ccc(Cl)cc2c1N1CCCC1. The molecule has 1 aliphatic heterocycles. The van der Waals surface area contributed by atoms with Crippen LogP contribution in [0.4, 0.5) is 5.69 Å². The highest BCUT2D eigenvalue weighted by atomic mass is 35.5. The van der Waals surface area contributed by atoms with Gasteiger partial charge in [-0.25, -0.2) is 8.42 Å². The van der Waals surface area contributed by atoms with Crippen LogP contribution < -0.4 is 4.90 Å². The number of fused-ring (bicyclic) bond motifs is 1. The van der Waals surface area contributed by atoms with E-state index in [9.17, 15) is 8.42 Å². The summed E-state index contributed by atoms with van der Waals surface area (Å²) in [6.07, 6.45) is 3.58. The molecule has 3 aromatic rings. The quantitative estimate of drug-likeness (QED) is 0.687. The summed E-state index contributed by atoms with van der Waals surface area (Å²) in [5, 5.41) is 1.36. The van der Waals surface area contributed by atoms with Gasteiger partial charge in [-0.3, -0.25) is 4.98 Å². The number of hydrogen-bond acceptors (Lipinski definition) is 4. The third-order valence-electron chi connectivity index (χ3n) is 4.53. The summed E-state index contributed by atoms with van der Waals surface area (Å²) in [5.41, 5.74) is 1.46. The van der Waals surface area contributed by atoms with Crippen LogP contribution in [0.15, 0.2) is 64.5 Å². The molecule has 1 aliphatic rings. The molecule has 2 aromatic carbocycles. The van der Waals surface area contributed by atoms with E-state index < -0.39 is 9.84 Å². The number of nitrogens with zero attached hydrogens (tertiary/aromatic N) is 2. The number of benzene rings is 2. The number of sulfone groups is 1. The highest BCUT2D eigenvalue weighted by molar-refractivity contribution is 7.91. The lowest BCUT2D eigenvalue weighted by molar-refractivity contribution is 0.595. The van der Waals surface area contributed by atoms with Crippen LogP contribution in [-0.4, -0.2) is 26.5 Å². The van der Waals surface area contributed by atoms with Gasteiger partial charge in [0.2, 0.25) is 9.84 Å². The van der Waals surface area contributed by atoms with Crippen molar-refractivity contribution >= 4 is 38.0 Å². The summed E-state index contributed by atoms with van der Waals surface area (Å²) in [7, 11) is -3.66. The van der Waals surface area contributed by atoms with E-state index in [0.717, 1.165) is 36.8 Å². The average molecular weight is 373 g/mol. The summed E-state index contributed by atoms with van der Waals surface area (Å²) >= 11 is 6.19. The van der Waals surface area contributed by atoms with E-state index in [0.29, 0.717) is 10.7 Å². The van der Waals surface area contributed by atoms with E-state index in [-0.39, 0.29) is 9.79 Å². The molecule has 128 valence electrons. The van der Waals surface area contributed by atoms with Gasteiger partial charge in [-0.2, -0.15) is 0 Å². The van der Waals surface area contributed by atoms with Gasteiger partial charge in [0.25, 0.3) is 0 Å². The van der Waals surface area contributed by atoms with Crippen LogP contribution in [0.1, 0.15) is 12.8 Å². The first-order valence-corrected chi connectivity index (χ1v) is 10.1. The number of rotatable bonds is 3. The first-order chi connectivity index (χ1) is 12.1. The van der Waals surface area contributed by atoms with Gasteiger partial charge in [-0.1, -0.05) is 29.8 Å². The maximum atomic E-state index is 13.2. The zero-order valence-corrected chi connectivity index (χ0v) is 15.1. The lowest BCUT2D eigenvalue weighted by atomic mass is 10.1. The summed E-state index contributed by atoms with van der Waals surface area (Å²) in [6.45, 7) is 1.67. The van der Waals surface area contributed by atoms with Gasteiger partial charge >= 0.3 is 0 Å². The van der Waals surface area contributed by atoms with Gasteiger partial charge in [0.15, 0.2) is 0 Å². The van der Waals surface area contributed by atoms with Gasteiger partial charge < -0.3 is 4.90 Å². The lowest BCUT2D eigenvalue weighted by Gasteiger charge is -2.23. The van der Waals surface area contributed by atoms with E-state index in [1.165, 1.54) is 6.20 Å². The molecule has 0 atom stereocenters. The molecule has 0 aliphatic carbocycles. The molecule has 25 heavy (non-hydrogen) atoms. The average Bonchev–Trinajstić information content (AvgIpc) is 3.15. The molecule has 4 nitrogen and oxygen atoms in total. The molecule has 1 fully saturated rings. The Bertz CT molecular complexity index is 1030. The number of halogens is 1. The molecule has 6 heteroatoms. The molecule has 2 heterocycles. The summed E-state index contributed by atoms with van der Waals surface area (Å²) in [5.74, 6) is 0. The Kier molecular flexibility index (Phi) is 4.13. The van der Waals surface area contributed by atoms with Crippen LogP contribution in [0.5, 0.6) is 0 Å². The van der Waals surface area contributed by atoms with Crippen molar-refractivity contribution in [2.75, 3.05) is 18.0 Å². The van der Waals surface area contributed by atoms with Gasteiger partial charge in [-0.15, -0.1) is 0 Å². The van der Waals surface area contributed by atoms with E-state index in [1.54, 1.807) is 36.4 Å². The standard InChI is InChI=1S/C19H17ClN2O2S/c20-14-8-9-17-16(12-14)19(22-10-4-5-11-22)18(13-21-17)25(23,24)15-6-2-1-3-7-15/h1-3,6-9,12-13H,4-5,10-11H2. The van der Waals surface area contributed by atoms with Crippen LogP contribution in [-0.2, 0) is 9.84 Å². The van der Waals surface area contributed by atoms with Crippen molar-refractivity contribution < 1.29 is 8.42 Å². The predicted octanol–water partition coefficient (Wildman–Crippen LogP) is 4.32. The third kappa shape index (κ3) is 2.87. The molecule has 0 unspecified atom stereocenters. The maximum absolute atomic E-state index is 13.2. The van der Waals surface area contributed by atoms with Crippen molar-refractivity contribution in [3.8, 4) is 0 Å². The Morgan fingerprint density at radius 2 is 1.72 bits per heavy atom. The fourth-order valence-electron chi connectivity index (χ4n) is 3.32. The van der Waals surface area contributed by atoms with Crippen molar-refractivity contribution in [1.29, 1.82) is 0 Å². The Labute approximate surface area is 152 Å². The zero-order valence-electron chi connectivity index (χ0n) is 13.5. The molecule has 0 radical (unpaired) electrons. The van der Waals surface area contributed by atoms with Crippen molar-refractivity contribution in [3.63, 3.8) is 0 Å². The molecule has 1 saturated heterocycles. The molecule has 0 saturated carbocycles. The maximum Gasteiger partial charge on any atom is 0.210 e. The molecule has 0 spiro atoms. The second kappa shape index (κ2) is 6.32. The van der Waals surface area contributed by atoms with Crippen molar-refractivity contribution in [3.05, 3.63) is 59.8 Å². The van der Waals surface area contributed by atoms with Gasteiger partial charge in [0.05, 0.1) is 16.1 Å². The van der Waals surface area contributed by atoms with Crippen LogP contribution in [0.2, 0.25) is 5.02 Å². The lowest BCUT2D eigenvalue weighted by Crippen LogP contribution is -2.21. The second-order valence-electron chi connectivity index (χ2n) is 6.14. The Hall–Kier alpha value is -2.11. The van der Waals surface area contributed by atoms with Crippen LogP contribution in [0, 0.1) is 0 Å². The largest absolute Gasteiger partial charge is 0.370 e. The van der Waals surface area contributed by atoms with Gasteiger partial charge in [0.1, 0.15) is 4.90 Å². The van der Waals surface area contributed by atoms with Crippen molar-refractivity contribution in [2.24, 2.45) is 0 Å². The fourth-order valence-corrected chi connectivity index (χ4v) is 4.95. The first-order valence-electron chi connectivity index (χ1n) is 8.21. The van der Waals surface area contributed by atoms with E-state index in [1.807, 2.05) is 12.1 Å². The highest BCUT2D eigenvalue weighted by Crippen LogP contribution is 2.38. The van der Waals surface area contributed by atoms with Crippen molar-refractivity contribution in [2.45, 2.75) is 22.6 Å². The monoisotopic (exact) mass is 372 g/mol.